The number of pyridine rings is 2. The molecule has 0 saturated carbocycles. The molecule has 0 spiro atoms. The first-order chi connectivity index (χ1) is 55.7. The number of carbonyl (C=O) groups is 4. The zero-order valence-corrected chi connectivity index (χ0v) is 73.2. The molecule has 600 valence electrons. The van der Waals surface area contributed by atoms with Crippen LogP contribution in [0.15, 0.2) is 301 Å². The van der Waals surface area contributed by atoms with E-state index in [1.54, 1.807) is 83.5 Å². The molecule has 8 aromatic carbocycles. The average Bonchev–Trinajstić information content (AvgIpc) is 1.72. The van der Waals surface area contributed by atoms with Crippen LogP contribution in [0, 0.1) is 48.3 Å². The maximum absolute atomic E-state index is 13.2. The molecular formula is C91H86Cl2IN12O4P2PdS4-. The number of nitrogens with one attached hydrogen (secondary N) is 4. The maximum atomic E-state index is 13.2. The predicted molar refractivity (Wildman–Crippen MR) is 497 cm³/mol. The Bertz CT molecular complexity index is 5210. The molecule has 6 aromatic heterocycles. The number of H-pyrrole nitrogens is 2. The van der Waals surface area contributed by atoms with Crippen molar-refractivity contribution in [2.75, 3.05) is 35.4 Å². The fourth-order valence-electron chi connectivity index (χ4n) is 11.5. The monoisotopic (exact) mass is 1900 g/mol. The molecule has 0 unspecified atom stereocenters. The molecule has 16 rings (SSSR count). The summed E-state index contributed by atoms with van der Waals surface area (Å²) < 4.78 is 1.17. The quantitative estimate of drug-likeness (QED) is 0.0264. The predicted octanol–water partition coefficient (Wildman–Crippen LogP) is 17.7. The Labute approximate surface area is 734 Å². The van der Waals surface area contributed by atoms with Crippen LogP contribution in [0.4, 0.5) is 10.0 Å². The van der Waals surface area contributed by atoms with Crippen LogP contribution in [-0.4, -0.2) is 102 Å². The molecule has 0 saturated heterocycles. The maximum Gasteiger partial charge on any atom is -0.0134 e. The summed E-state index contributed by atoms with van der Waals surface area (Å²) in [4.78, 5) is 74.4. The standard InChI is InChI=1S/C26H22N6O2S2.C19H18IN5O2S2.2C18H15P.C7H5N.2CH4.CH3.2ClH.Pd/c1-16-20(11-10-18-9-6-12-27-14-18)36-26-22(16)35-15-19(25(34)32(26)2)28-24(33)23-29-21(30-31-23)13-17-7-4-3-5-8-17;1-10-14-19(29-15(10)20)25(2)18(27)12(9-28-14)21-17(26)16-22-13(23-24-16)8-11-6-4-3-5-7-11;2*1-4-10-16(11-5-1)19(17-12-6-2-7-13-17)18-14-8-3-9-15-18;1-2-7-4-3-5-8-6-7;;;;;;/h3-9,12,14,19H,13,15H2,1-2H3,(H,28,33)(H,29,30,31);3-7,12H,8-9H2,1-2H3,(H,21,26)(H,22,23,24);2*1-15H;1,3-6H;2*1H4;1H3;2*1H;/q;;;;;;;-1;;;+2/p-2/t19-;12-;;;;;;;;;/m00........./s1. The van der Waals surface area contributed by atoms with Gasteiger partial charge < -0.3 is 27.9 Å². The van der Waals surface area contributed by atoms with Crippen molar-refractivity contribution in [3.05, 3.63) is 364 Å². The summed E-state index contributed by atoms with van der Waals surface area (Å²) in [6.45, 7) is 4.07. The van der Waals surface area contributed by atoms with Crippen molar-refractivity contribution < 1.29 is 35.1 Å². The van der Waals surface area contributed by atoms with E-state index in [2.05, 4.69) is 280 Å². The number of halogens is 3. The summed E-state index contributed by atoms with van der Waals surface area (Å²) in [7, 11) is 12.2. The number of aromatic nitrogens is 8. The molecular weight excluding hydrogens is 1820 g/mol. The van der Waals surface area contributed by atoms with Gasteiger partial charge in [-0.3, -0.25) is 39.3 Å². The number of nitrogens with zero attached hydrogens (tertiary/aromatic N) is 8. The first-order valence-corrected chi connectivity index (χ1v) is 46.8. The molecule has 2 aliphatic heterocycles. The average molecular weight is 1910 g/mol. The Morgan fingerprint density at radius 1 is 0.504 bits per heavy atom. The zero-order chi connectivity index (χ0) is 80.0. The van der Waals surface area contributed by atoms with E-state index in [-0.39, 0.29) is 61.7 Å². The van der Waals surface area contributed by atoms with E-state index in [9.17, 15) is 19.2 Å². The second kappa shape index (κ2) is 48.2. The molecule has 0 radical (unpaired) electrons. The van der Waals surface area contributed by atoms with E-state index >= 15 is 0 Å². The summed E-state index contributed by atoms with van der Waals surface area (Å²) in [5, 5.41) is 29.5. The number of likely N-dealkylation sites (N-methyl/N-ethyl adjacent to an activating group) is 2. The Kier molecular flexibility index (Phi) is 38.2. The smallest absolute Gasteiger partial charge is 0.0134 e. The normalized spacial score (nSPS) is 12.9. The van der Waals surface area contributed by atoms with Crippen LogP contribution in [-0.2, 0) is 38.4 Å². The molecule has 4 amide bonds. The van der Waals surface area contributed by atoms with Gasteiger partial charge >= 0.3 is 35.0 Å². The number of anilines is 2. The van der Waals surface area contributed by atoms with Crippen LogP contribution in [0.5, 0.6) is 0 Å². The van der Waals surface area contributed by atoms with Gasteiger partial charge in [0.15, 0.2) is 0 Å². The molecule has 0 bridgehead atoms. The molecule has 2 atom stereocenters. The molecule has 0 aliphatic carbocycles. The van der Waals surface area contributed by atoms with Crippen molar-refractivity contribution in [2.24, 2.45) is 0 Å². The van der Waals surface area contributed by atoms with E-state index in [1.807, 2.05) is 91.9 Å². The number of aromatic amines is 2. The molecule has 8 heterocycles. The van der Waals surface area contributed by atoms with Crippen LogP contribution in [0.25, 0.3) is 0 Å². The van der Waals surface area contributed by atoms with Gasteiger partial charge in [-0.15, -0.1) is 62.8 Å². The molecule has 117 heavy (non-hydrogen) atoms. The van der Waals surface area contributed by atoms with Crippen molar-refractivity contribution in [2.45, 2.75) is 63.4 Å². The van der Waals surface area contributed by atoms with Crippen LogP contribution >= 0.6 is 104 Å². The Morgan fingerprint density at radius 3 is 1.15 bits per heavy atom. The van der Waals surface area contributed by atoms with Crippen LogP contribution < -0.4 is 52.3 Å². The summed E-state index contributed by atoms with van der Waals surface area (Å²) in [6, 6.07) is 90.4. The number of thioether (sulfide) groups is 2. The largest absolute Gasteiger partial charge is 0.0622 e. The molecule has 4 N–H and O–H groups in total. The summed E-state index contributed by atoms with van der Waals surface area (Å²) in [5.74, 6) is 9.67. The Morgan fingerprint density at radius 2 is 0.829 bits per heavy atom. The van der Waals surface area contributed by atoms with Gasteiger partial charge in [0.05, 0.1) is 7.76 Å². The van der Waals surface area contributed by atoms with Gasteiger partial charge in [0.25, 0.3) is 23.6 Å². The van der Waals surface area contributed by atoms with Crippen molar-refractivity contribution >= 4 is 169 Å². The van der Waals surface area contributed by atoms with Crippen molar-refractivity contribution in [1.82, 2.24) is 51.0 Å². The number of amides is 4. The fraction of sp³-hybridized carbons (Fsp3) is 0.132. The van der Waals surface area contributed by atoms with E-state index in [1.165, 1.54) is 51.6 Å². The van der Waals surface area contributed by atoms with Gasteiger partial charge in [0.1, 0.15) is 33.7 Å². The summed E-state index contributed by atoms with van der Waals surface area (Å²) in [6.07, 6.45) is 12.9. The number of hydrogen-bond acceptors (Lipinski definition) is 14. The minimum atomic E-state index is -0.701. The molecule has 0 fully saturated rings. The van der Waals surface area contributed by atoms with Crippen molar-refractivity contribution in [3.8, 4) is 24.2 Å². The van der Waals surface area contributed by atoms with Crippen LogP contribution in [0.3, 0.4) is 0 Å². The number of terminal acetylenes is 1. The third-order valence-electron chi connectivity index (χ3n) is 17.2. The van der Waals surface area contributed by atoms with Crippen molar-refractivity contribution in [3.63, 3.8) is 0 Å². The van der Waals surface area contributed by atoms with Gasteiger partial charge in [0.2, 0.25) is 11.6 Å². The number of benzene rings is 8. The van der Waals surface area contributed by atoms with Crippen LogP contribution in [0.1, 0.15) is 86.0 Å². The second-order valence-electron chi connectivity index (χ2n) is 24.9. The van der Waals surface area contributed by atoms with E-state index < -0.39 is 39.7 Å². The first kappa shape index (κ1) is 92.8. The topological polar surface area (TPSA) is 208 Å². The fourth-order valence-corrected chi connectivity index (χ4v) is 22.2. The second-order valence-corrected chi connectivity index (χ2v) is 37.6. The first-order valence-electron chi connectivity index (χ1n) is 35.4. The van der Waals surface area contributed by atoms with Gasteiger partial charge in [-0.25, -0.2) is 9.97 Å². The molecule has 26 heteroatoms. The number of carbonyl (C=O) groups excluding carboxylic acids is 4. The summed E-state index contributed by atoms with van der Waals surface area (Å²) in [5.41, 5.74) is 6.00. The third-order valence-corrected chi connectivity index (χ3v) is 28.8. The van der Waals surface area contributed by atoms with Gasteiger partial charge in [-0.2, -0.15) is 0 Å². The molecule has 14 aromatic rings. The molecule has 2 aliphatic rings. The zero-order valence-electron chi connectivity index (χ0n) is 63.0. The molecule has 16 nitrogen and oxygen atoms in total. The SMILES string of the molecule is C.C.C#Cc1cccnc1.Cc1c(C#Cc2cccnc2)sc2c1SC[C@H](NC(=O)c1n[nH]c(Cc3ccccc3)n1)C(=O)N2C.Cc1c(I)sc2c1SC[C@H](NC(=O)c1n[nH]c(Cc3ccccc3)n1)C(=O)N2C.[CH3-].[Cl][Pd][Cl].c1ccc(P(c2ccccc2)c2ccccc2)cc1.c1ccc(P(c2ccccc2)c2ccccc2)cc1. The number of rotatable bonds is 14. The summed E-state index contributed by atoms with van der Waals surface area (Å²) >= 11 is 8.40. The van der Waals surface area contributed by atoms with E-state index in [0.29, 0.717) is 36.0 Å². The van der Waals surface area contributed by atoms with E-state index in [4.69, 9.17) is 25.5 Å². The van der Waals surface area contributed by atoms with Gasteiger partial charge in [-0.05, 0) is 131 Å². The van der Waals surface area contributed by atoms with Gasteiger partial charge in [0, 0.05) is 84.1 Å². The number of thiophene rings is 2. The Balaban J connectivity index is 0.000000190. The van der Waals surface area contributed by atoms with Crippen LogP contribution in [0.2, 0.25) is 0 Å². The number of hydrogen-bond donors (Lipinski definition) is 4. The minimum absolute atomic E-state index is 0. The third kappa shape index (κ3) is 26.4. The Hall–Kier alpha value is -9.73. The van der Waals surface area contributed by atoms with Crippen molar-refractivity contribution in [1.29, 1.82) is 0 Å². The number of fused-ring (bicyclic) bond motifs is 2. The van der Waals surface area contributed by atoms with E-state index in [0.717, 1.165) is 52.5 Å². The van der Waals surface area contributed by atoms with Gasteiger partial charge in [-0.1, -0.05) is 275 Å². The minimum Gasteiger partial charge on any atom is -0.0622 e.